The third-order valence-corrected chi connectivity index (χ3v) is 5.50. The topological polar surface area (TPSA) is 67.4 Å². The van der Waals surface area contributed by atoms with Gasteiger partial charge in [0.15, 0.2) is 0 Å². The normalized spacial score (nSPS) is 17.4. The van der Waals surface area contributed by atoms with E-state index in [0.717, 1.165) is 10.6 Å². The van der Waals surface area contributed by atoms with Gasteiger partial charge in [-0.3, -0.25) is 9.59 Å². The molecule has 166 valence electrons. The molecule has 32 heavy (non-hydrogen) atoms. The SMILES string of the molecule is COc1cccc([C@H]2NC(=O)CCC2C(=O)Nc2cccc(Cl)c2)c1.Clc1ccccc1. The second-order valence-electron chi connectivity index (χ2n) is 7.26. The van der Waals surface area contributed by atoms with Gasteiger partial charge in [0.25, 0.3) is 0 Å². The van der Waals surface area contributed by atoms with Crippen LogP contribution in [-0.2, 0) is 9.59 Å². The van der Waals surface area contributed by atoms with Crippen LogP contribution >= 0.6 is 23.2 Å². The highest BCUT2D eigenvalue weighted by Crippen LogP contribution is 2.32. The molecule has 1 fully saturated rings. The van der Waals surface area contributed by atoms with Crippen molar-refractivity contribution in [3.63, 3.8) is 0 Å². The van der Waals surface area contributed by atoms with Gasteiger partial charge in [-0.05, 0) is 54.4 Å². The highest BCUT2D eigenvalue weighted by Gasteiger charge is 2.35. The van der Waals surface area contributed by atoms with Crippen molar-refractivity contribution in [2.24, 2.45) is 5.92 Å². The molecule has 2 amide bonds. The van der Waals surface area contributed by atoms with E-state index in [1.54, 1.807) is 31.4 Å². The van der Waals surface area contributed by atoms with Crippen LogP contribution in [0.4, 0.5) is 5.69 Å². The molecule has 0 bridgehead atoms. The molecule has 0 spiro atoms. The predicted molar refractivity (Wildman–Crippen MR) is 128 cm³/mol. The Morgan fingerprint density at radius 3 is 2.34 bits per heavy atom. The number of ether oxygens (including phenoxy) is 1. The lowest BCUT2D eigenvalue weighted by molar-refractivity contribution is -0.128. The molecule has 1 unspecified atom stereocenters. The molecule has 2 atom stereocenters. The second-order valence-corrected chi connectivity index (χ2v) is 8.14. The molecular formula is C25H24Cl2N2O3. The Morgan fingerprint density at radius 2 is 1.69 bits per heavy atom. The summed E-state index contributed by atoms with van der Waals surface area (Å²) in [5.74, 6) is 0.116. The summed E-state index contributed by atoms with van der Waals surface area (Å²) < 4.78 is 5.25. The van der Waals surface area contributed by atoms with E-state index in [2.05, 4.69) is 10.6 Å². The summed E-state index contributed by atoms with van der Waals surface area (Å²) in [6, 6.07) is 23.5. The number of hydrogen-bond acceptors (Lipinski definition) is 3. The molecule has 1 heterocycles. The molecule has 3 aromatic rings. The number of carbonyl (C=O) groups is 2. The maximum Gasteiger partial charge on any atom is 0.229 e. The molecule has 0 radical (unpaired) electrons. The third kappa shape index (κ3) is 6.74. The van der Waals surface area contributed by atoms with Crippen molar-refractivity contribution in [2.45, 2.75) is 18.9 Å². The lowest BCUT2D eigenvalue weighted by atomic mass is 9.85. The maximum absolute atomic E-state index is 12.8. The molecule has 1 aliphatic rings. The van der Waals surface area contributed by atoms with E-state index < -0.39 is 6.04 Å². The van der Waals surface area contributed by atoms with Gasteiger partial charge in [-0.2, -0.15) is 0 Å². The van der Waals surface area contributed by atoms with Crippen molar-refractivity contribution in [1.82, 2.24) is 5.32 Å². The van der Waals surface area contributed by atoms with E-state index in [1.807, 2.05) is 54.6 Å². The van der Waals surface area contributed by atoms with Crippen LogP contribution in [-0.4, -0.2) is 18.9 Å². The lowest BCUT2D eigenvalue weighted by Gasteiger charge is -2.31. The first-order valence-electron chi connectivity index (χ1n) is 10.2. The molecule has 0 aromatic heterocycles. The molecular weight excluding hydrogens is 447 g/mol. The summed E-state index contributed by atoms with van der Waals surface area (Å²) in [4.78, 5) is 24.7. The first kappa shape index (κ1) is 23.6. The molecule has 4 rings (SSSR count). The monoisotopic (exact) mass is 470 g/mol. The number of hydrogen-bond donors (Lipinski definition) is 2. The molecule has 1 saturated heterocycles. The Labute approximate surface area is 197 Å². The van der Waals surface area contributed by atoms with E-state index in [9.17, 15) is 9.59 Å². The van der Waals surface area contributed by atoms with Crippen molar-refractivity contribution in [2.75, 3.05) is 12.4 Å². The Bertz CT molecular complexity index is 1060. The van der Waals surface area contributed by atoms with Gasteiger partial charge in [-0.25, -0.2) is 0 Å². The second kappa shape index (κ2) is 11.6. The van der Waals surface area contributed by atoms with Crippen LogP contribution in [0.1, 0.15) is 24.4 Å². The van der Waals surface area contributed by atoms with Gasteiger partial charge in [0.05, 0.1) is 19.1 Å². The summed E-state index contributed by atoms with van der Waals surface area (Å²) in [6.45, 7) is 0. The van der Waals surface area contributed by atoms with Crippen molar-refractivity contribution in [3.8, 4) is 5.75 Å². The summed E-state index contributed by atoms with van der Waals surface area (Å²) in [5, 5.41) is 7.17. The van der Waals surface area contributed by atoms with Crippen molar-refractivity contribution in [1.29, 1.82) is 0 Å². The van der Waals surface area contributed by atoms with Gasteiger partial charge in [0.1, 0.15) is 5.75 Å². The van der Waals surface area contributed by atoms with E-state index >= 15 is 0 Å². The molecule has 1 aliphatic heterocycles. The highest BCUT2D eigenvalue weighted by atomic mass is 35.5. The van der Waals surface area contributed by atoms with Gasteiger partial charge in [0.2, 0.25) is 11.8 Å². The zero-order chi connectivity index (χ0) is 22.9. The first-order valence-corrected chi connectivity index (χ1v) is 10.9. The summed E-state index contributed by atoms with van der Waals surface area (Å²) in [6.07, 6.45) is 0.814. The third-order valence-electron chi connectivity index (χ3n) is 5.02. The predicted octanol–water partition coefficient (Wildman–Crippen LogP) is 5.89. The summed E-state index contributed by atoms with van der Waals surface area (Å²) >= 11 is 11.5. The number of carbonyl (C=O) groups excluding carboxylic acids is 2. The zero-order valence-corrected chi connectivity index (χ0v) is 19.1. The number of methoxy groups -OCH3 is 1. The van der Waals surface area contributed by atoms with Gasteiger partial charge < -0.3 is 15.4 Å². The Morgan fingerprint density at radius 1 is 0.969 bits per heavy atom. The van der Waals surface area contributed by atoms with E-state index in [-0.39, 0.29) is 17.7 Å². The number of benzene rings is 3. The minimum Gasteiger partial charge on any atom is -0.497 e. The fraction of sp³-hybridized carbons (Fsp3) is 0.200. The minimum atomic E-state index is -0.393. The maximum atomic E-state index is 12.8. The molecule has 2 N–H and O–H groups in total. The van der Waals surface area contributed by atoms with Crippen LogP contribution in [0.2, 0.25) is 10.0 Å². The van der Waals surface area contributed by atoms with Crippen molar-refractivity contribution in [3.05, 3.63) is 94.5 Å². The molecule has 3 aromatic carbocycles. The minimum absolute atomic E-state index is 0.0559. The number of piperidine rings is 1. The molecule has 7 heteroatoms. The van der Waals surface area contributed by atoms with Crippen molar-refractivity contribution >= 4 is 40.7 Å². The van der Waals surface area contributed by atoms with Crippen LogP contribution in [0, 0.1) is 5.92 Å². The van der Waals surface area contributed by atoms with Crippen LogP contribution < -0.4 is 15.4 Å². The van der Waals surface area contributed by atoms with Crippen LogP contribution in [0.25, 0.3) is 0 Å². The van der Waals surface area contributed by atoms with E-state index in [0.29, 0.717) is 29.3 Å². The Kier molecular flexibility index (Phi) is 8.54. The smallest absolute Gasteiger partial charge is 0.229 e. The van der Waals surface area contributed by atoms with E-state index in [4.69, 9.17) is 27.9 Å². The van der Waals surface area contributed by atoms with Crippen LogP contribution in [0.15, 0.2) is 78.9 Å². The average molecular weight is 471 g/mol. The fourth-order valence-corrected chi connectivity index (χ4v) is 3.78. The van der Waals surface area contributed by atoms with Gasteiger partial charge in [-0.15, -0.1) is 0 Å². The number of rotatable bonds is 4. The van der Waals surface area contributed by atoms with Crippen molar-refractivity contribution < 1.29 is 14.3 Å². The highest BCUT2D eigenvalue weighted by molar-refractivity contribution is 6.31. The quantitative estimate of drug-likeness (QED) is 0.498. The van der Waals surface area contributed by atoms with E-state index in [1.165, 1.54) is 0 Å². The van der Waals surface area contributed by atoms with Crippen LogP contribution in [0.3, 0.4) is 0 Å². The lowest BCUT2D eigenvalue weighted by Crippen LogP contribution is -2.43. The molecule has 0 aliphatic carbocycles. The largest absolute Gasteiger partial charge is 0.497 e. The average Bonchev–Trinajstić information content (AvgIpc) is 2.80. The number of amides is 2. The fourth-order valence-electron chi connectivity index (χ4n) is 3.45. The van der Waals surface area contributed by atoms with Gasteiger partial charge in [0, 0.05) is 22.2 Å². The number of nitrogens with one attached hydrogen (secondary N) is 2. The van der Waals surface area contributed by atoms with Gasteiger partial charge >= 0.3 is 0 Å². The summed E-state index contributed by atoms with van der Waals surface area (Å²) in [5.41, 5.74) is 1.48. The Balaban J connectivity index is 0.000000352. The zero-order valence-electron chi connectivity index (χ0n) is 17.6. The number of halogens is 2. The Hall–Kier alpha value is -3.02. The standard InChI is InChI=1S/C19H19ClN2O3.C6H5Cl/c1-25-15-7-2-4-12(10-15)18-16(8-9-17(23)22-18)19(24)21-14-6-3-5-13(20)11-14;7-6-4-2-1-3-5-6/h2-7,10-11,16,18H,8-9H2,1H3,(H,21,24)(H,22,23);1-5H/t16?,18-;/m1./s1. The van der Waals surface area contributed by atoms with Gasteiger partial charge in [-0.1, -0.05) is 59.6 Å². The first-order chi connectivity index (χ1) is 15.5. The number of anilines is 1. The van der Waals surface area contributed by atoms with Crippen LogP contribution in [0.5, 0.6) is 5.75 Å². The molecule has 0 saturated carbocycles. The molecule has 5 nitrogen and oxygen atoms in total. The summed E-state index contributed by atoms with van der Waals surface area (Å²) in [7, 11) is 1.59.